The van der Waals surface area contributed by atoms with Crippen LogP contribution in [-0.4, -0.2) is 52.4 Å². The second kappa shape index (κ2) is 8.27. The lowest BCUT2D eigenvalue weighted by molar-refractivity contribution is -0.116. The predicted molar refractivity (Wildman–Crippen MR) is 115 cm³/mol. The van der Waals surface area contributed by atoms with Crippen molar-refractivity contribution in [3.8, 4) is 11.4 Å². The fraction of sp³-hybridized carbons (Fsp3) is 0.350. The highest BCUT2D eigenvalue weighted by Crippen LogP contribution is 2.28. The molecule has 0 N–H and O–H groups in total. The highest BCUT2D eigenvalue weighted by molar-refractivity contribution is 7.99. The van der Waals surface area contributed by atoms with Gasteiger partial charge in [-0.2, -0.15) is 0 Å². The van der Waals surface area contributed by atoms with Crippen LogP contribution in [0.25, 0.3) is 11.4 Å². The Hall–Kier alpha value is -2.59. The van der Waals surface area contributed by atoms with Gasteiger partial charge in [-0.25, -0.2) is 8.42 Å². The topological polar surface area (TPSA) is 98.3 Å². The number of nitrogens with zero attached hydrogens (tertiary/aromatic N) is 4. The molecule has 1 saturated heterocycles. The Bertz CT molecular complexity index is 1150. The van der Waals surface area contributed by atoms with Crippen molar-refractivity contribution in [3.63, 3.8) is 0 Å². The van der Waals surface area contributed by atoms with Crippen LogP contribution in [0.5, 0.6) is 0 Å². The molecule has 2 aromatic heterocycles. The number of benzene rings is 1. The van der Waals surface area contributed by atoms with E-state index in [-0.39, 0.29) is 29.2 Å². The lowest BCUT2D eigenvalue weighted by Gasteiger charge is -2.28. The van der Waals surface area contributed by atoms with Crippen molar-refractivity contribution in [2.45, 2.75) is 24.5 Å². The number of furan rings is 1. The van der Waals surface area contributed by atoms with Gasteiger partial charge in [-0.15, -0.1) is 10.2 Å². The zero-order valence-electron chi connectivity index (χ0n) is 16.7. The van der Waals surface area contributed by atoms with Crippen LogP contribution in [0.1, 0.15) is 12.2 Å². The average molecular weight is 447 g/mol. The summed E-state index contributed by atoms with van der Waals surface area (Å²) in [5.74, 6) is 1.48. The van der Waals surface area contributed by atoms with E-state index in [4.69, 9.17) is 4.42 Å². The Labute approximate surface area is 179 Å². The molecule has 1 aliphatic heterocycles. The third kappa shape index (κ3) is 4.15. The number of hydrogen-bond acceptors (Lipinski definition) is 7. The van der Waals surface area contributed by atoms with Gasteiger partial charge in [0, 0.05) is 12.7 Å². The number of carbonyl (C=O) groups excluding carboxylic acids is 1. The number of hydrogen-bond donors (Lipinski definition) is 0. The minimum Gasteiger partial charge on any atom is -0.469 e. The molecule has 0 unspecified atom stereocenters. The molecule has 3 heterocycles. The summed E-state index contributed by atoms with van der Waals surface area (Å²) in [5.41, 5.74) is 1.56. The van der Waals surface area contributed by atoms with Gasteiger partial charge in [-0.1, -0.05) is 30.0 Å². The zero-order chi connectivity index (χ0) is 21.3. The molecule has 0 spiro atoms. The van der Waals surface area contributed by atoms with E-state index in [1.165, 1.54) is 11.8 Å². The maximum absolute atomic E-state index is 13.2. The molecule has 4 rings (SSSR count). The minimum atomic E-state index is -3.12. The standard InChI is InChI=1S/C20H22N4O4S2/c1-14-17(8-10-28-14)19-21-22-20(23(19)2)29-12-18(25)24(15-6-4-3-5-7-15)16-9-11-30(26,27)13-16/h3-8,10,16H,9,11-13H2,1-2H3/t16-/m1/s1. The van der Waals surface area contributed by atoms with Crippen molar-refractivity contribution < 1.29 is 17.6 Å². The summed E-state index contributed by atoms with van der Waals surface area (Å²) in [6.07, 6.45) is 2.05. The van der Waals surface area contributed by atoms with Crippen molar-refractivity contribution in [2.75, 3.05) is 22.2 Å². The molecule has 158 valence electrons. The molecule has 0 bridgehead atoms. The fourth-order valence-corrected chi connectivity index (χ4v) is 6.08. The van der Waals surface area contributed by atoms with E-state index in [0.29, 0.717) is 23.1 Å². The van der Waals surface area contributed by atoms with Crippen LogP contribution in [0, 0.1) is 6.92 Å². The number of aryl methyl sites for hydroxylation is 1. The molecule has 1 fully saturated rings. The van der Waals surface area contributed by atoms with Crippen molar-refractivity contribution in [3.05, 3.63) is 48.4 Å². The molecular formula is C20H22N4O4S2. The molecule has 1 aliphatic rings. The maximum atomic E-state index is 13.2. The Morgan fingerprint density at radius 1 is 1.27 bits per heavy atom. The second-order valence-electron chi connectivity index (χ2n) is 7.20. The number of thioether (sulfide) groups is 1. The molecule has 8 nitrogen and oxygen atoms in total. The number of anilines is 1. The summed E-state index contributed by atoms with van der Waals surface area (Å²) in [6.45, 7) is 1.85. The Kier molecular flexibility index (Phi) is 5.70. The first kappa shape index (κ1) is 20.7. The Balaban J connectivity index is 1.53. The normalized spacial score (nSPS) is 17.9. The first-order valence-electron chi connectivity index (χ1n) is 9.50. The minimum absolute atomic E-state index is 0.00776. The van der Waals surface area contributed by atoms with E-state index < -0.39 is 9.84 Å². The van der Waals surface area contributed by atoms with Crippen molar-refractivity contribution in [1.29, 1.82) is 0 Å². The van der Waals surface area contributed by atoms with Gasteiger partial charge in [0.15, 0.2) is 20.8 Å². The maximum Gasteiger partial charge on any atom is 0.237 e. The van der Waals surface area contributed by atoms with Gasteiger partial charge in [0.2, 0.25) is 5.91 Å². The fourth-order valence-electron chi connectivity index (χ4n) is 3.61. The Morgan fingerprint density at radius 3 is 2.67 bits per heavy atom. The van der Waals surface area contributed by atoms with E-state index in [9.17, 15) is 13.2 Å². The lowest BCUT2D eigenvalue weighted by atomic mass is 10.2. The number of amides is 1. The lowest BCUT2D eigenvalue weighted by Crippen LogP contribution is -2.42. The van der Waals surface area contributed by atoms with Crippen LogP contribution in [-0.2, 0) is 21.7 Å². The van der Waals surface area contributed by atoms with Gasteiger partial charge >= 0.3 is 0 Å². The molecule has 1 aromatic carbocycles. The summed E-state index contributed by atoms with van der Waals surface area (Å²) in [7, 11) is -1.28. The van der Waals surface area contributed by atoms with Gasteiger partial charge in [0.1, 0.15) is 5.76 Å². The van der Waals surface area contributed by atoms with Gasteiger partial charge in [0.25, 0.3) is 0 Å². The van der Waals surface area contributed by atoms with Gasteiger partial charge in [-0.05, 0) is 31.5 Å². The molecule has 0 aliphatic carbocycles. The molecule has 3 aromatic rings. The van der Waals surface area contributed by atoms with Crippen molar-refractivity contribution in [2.24, 2.45) is 7.05 Å². The number of aromatic nitrogens is 3. The van der Waals surface area contributed by atoms with Crippen LogP contribution < -0.4 is 4.90 Å². The van der Waals surface area contributed by atoms with Crippen molar-refractivity contribution >= 4 is 33.2 Å². The molecule has 0 saturated carbocycles. The third-order valence-corrected chi connectivity index (χ3v) is 7.89. The smallest absolute Gasteiger partial charge is 0.237 e. The number of carbonyl (C=O) groups is 1. The van der Waals surface area contributed by atoms with Gasteiger partial charge in [-0.3, -0.25) is 4.79 Å². The van der Waals surface area contributed by atoms with E-state index in [0.717, 1.165) is 11.3 Å². The molecule has 1 amide bonds. The number of sulfone groups is 1. The van der Waals surface area contributed by atoms with Crippen LogP contribution in [0.3, 0.4) is 0 Å². The summed E-state index contributed by atoms with van der Waals surface area (Å²) in [6, 6.07) is 10.7. The van der Waals surface area contributed by atoms with Crippen LogP contribution >= 0.6 is 11.8 Å². The third-order valence-electron chi connectivity index (χ3n) is 5.14. The molecule has 1 atom stereocenters. The summed E-state index contributed by atoms with van der Waals surface area (Å²) in [5, 5.41) is 9.03. The highest BCUT2D eigenvalue weighted by Gasteiger charge is 2.35. The highest BCUT2D eigenvalue weighted by atomic mass is 32.2. The second-order valence-corrected chi connectivity index (χ2v) is 10.4. The predicted octanol–water partition coefficient (Wildman–Crippen LogP) is 2.70. The average Bonchev–Trinajstić information content (AvgIpc) is 3.40. The summed E-state index contributed by atoms with van der Waals surface area (Å²) in [4.78, 5) is 14.8. The van der Waals surface area contributed by atoms with Crippen LogP contribution in [0.15, 0.2) is 52.2 Å². The first-order valence-corrected chi connectivity index (χ1v) is 12.3. The molecule has 30 heavy (non-hydrogen) atoms. The number of rotatable bonds is 6. The van der Waals surface area contributed by atoms with Crippen LogP contribution in [0.4, 0.5) is 5.69 Å². The summed E-state index contributed by atoms with van der Waals surface area (Å²) >= 11 is 1.28. The van der Waals surface area contributed by atoms with Crippen molar-refractivity contribution in [1.82, 2.24) is 14.8 Å². The summed E-state index contributed by atoms with van der Waals surface area (Å²) < 4.78 is 31.1. The zero-order valence-corrected chi connectivity index (χ0v) is 18.3. The first-order chi connectivity index (χ1) is 14.4. The monoisotopic (exact) mass is 446 g/mol. The van der Waals surface area contributed by atoms with E-state index >= 15 is 0 Å². The van der Waals surface area contributed by atoms with E-state index in [2.05, 4.69) is 10.2 Å². The van der Waals surface area contributed by atoms with E-state index in [1.807, 2.05) is 54.9 Å². The van der Waals surface area contributed by atoms with Gasteiger partial charge < -0.3 is 13.9 Å². The van der Waals surface area contributed by atoms with Crippen LogP contribution in [0.2, 0.25) is 0 Å². The molecule has 0 radical (unpaired) electrons. The number of para-hydroxylation sites is 1. The quantitative estimate of drug-likeness (QED) is 0.537. The Morgan fingerprint density at radius 2 is 2.03 bits per heavy atom. The van der Waals surface area contributed by atoms with Gasteiger partial charge in [0.05, 0.1) is 35.1 Å². The van der Waals surface area contributed by atoms with E-state index in [1.54, 1.807) is 11.2 Å². The largest absolute Gasteiger partial charge is 0.469 e. The molecular weight excluding hydrogens is 424 g/mol. The molecule has 10 heteroatoms. The SMILES string of the molecule is Cc1occc1-c1nnc(SCC(=O)N(c2ccccc2)[C@@H]2CCS(=O)(=O)C2)n1C.